The molecule has 2 aliphatic rings. The fourth-order valence-corrected chi connectivity index (χ4v) is 3.87. The van der Waals surface area contributed by atoms with Crippen molar-refractivity contribution in [2.75, 3.05) is 44.2 Å². The minimum atomic E-state index is -0.190. The molecule has 7 nitrogen and oxygen atoms in total. The van der Waals surface area contributed by atoms with Crippen LogP contribution in [-0.4, -0.2) is 62.2 Å². The Labute approximate surface area is 167 Å². The molecule has 3 rings (SSSR count). The molecule has 0 spiro atoms. The van der Waals surface area contributed by atoms with E-state index in [1.165, 1.54) is 32.4 Å². The van der Waals surface area contributed by atoms with Crippen LogP contribution in [0.15, 0.2) is 24.3 Å². The smallest absolute Gasteiger partial charge is 0.315 e. The van der Waals surface area contributed by atoms with Crippen LogP contribution >= 0.6 is 0 Å². The topological polar surface area (TPSA) is 73.9 Å². The third-order valence-electron chi connectivity index (χ3n) is 5.31. The molecule has 2 saturated heterocycles. The fraction of sp³-hybridized carbons (Fsp3) is 0.619. The van der Waals surface area contributed by atoms with Crippen molar-refractivity contribution < 1.29 is 14.3 Å². The molecule has 0 aliphatic carbocycles. The van der Waals surface area contributed by atoms with Gasteiger partial charge >= 0.3 is 6.03 Å². The van der Waals surface area contributed by atoms with Crippen molar-refractivity contribution in [3.63, 3.8) is 0 Å². The average molecular weight is 389 g/mol. The van der Waals surface area contributed by atoms with E-state index in [0.29, 0.717) is 26.1 Å². The van der Waals surface area contributed by atoms with Gasteiger partial charge in [-0.05, 0) is 70.1 Å². The maximum absolute atomic E-state index is 12.3. The molecule has 7 heteroatoms. The summed E-state index contributed by atoms with van der Waals surface area (Å²) in [6, 6.07) is 7.13. The minimum Gasteiger partial charge on any atom is -0.494 e. The SMILES string of the molecule is CCOc1ccc(N2C[C@@H](NC(=O)NCCCN3CCCCC3)CC2=O)cc1. The number of nitrogens with zero attached hydrogens (tertiary/aromatic N) is 2. The zero-order valence-corrected chi connectivity index (χ0v) is 16.8. The van der Waals surface area contributed by atoms with Gasteiger partial charge < -0.3 is 25.2 Å². The summed E-state index contributed by atoms with van der Waals surface area (Å²) >= 11 is 0. The average Bonchev–Trinajstić information content (AvgIpc) is 3.07. The monoisotopic (exact) mass is 388 g/mol. The first-order chi connectivity index (χ1) is 13.7. The highest BCUT2D eigenvalue weighted by Crippen LogP contribution is 2.24. The summed E-state index contributed by atoms with van der Waals surface area (Å²) in [4.78, 5) is 28.6. The number of anilines is 1. The van der Waals surface area contributed by atoms with E-state index >= 15 is 0 Å². The molecular formula is C21H32N4O3. The maximum Gasteiger partial charge on any atom is 0.315 e. The van der Waals surface area contributed by atoms with Crippen LogP contribution in [0.1, 0.15) is 39.0 Å². The van der Waals surface area contributed by atoms with E-state index in [-0.39, 0.29) is 18.0 Å². The van der Waals surface area contributed by atoms with Crippen molar-refractivity contribution in [3.8, 4) is 5.75 Å². The number of amides is 3. The van der Waals surface area contributed by atoms with Crippen molar-refractivity contribution in [3.05, 3.63) is 24.3 Å². The molecule has 1 aromatic carbocycles. The van der Waals surface area contributed by atoms with Crippen LogP contribution in [0.5, 0.6) is 5.75 Å². The minimum absolute atomic E-state index is 0.0274. The Hall–Kier alpha value is -2.28. The van der Waals surface area contributed by atoms with Crippen LogP contribution in [0.25, 0.3) is 0 Å². The lowest BCUT2D eigenvalue weighted by molar-refractivity contribution is -0.117. The third kappa shape index (κ3) is 5.86. The van der Waals surface area contributed by atoms with Crippen LogP contribution in [0.3, 0.4) is 0 Å². The van der Waals surface area contributed by atoms with Crippen LogP contribution in [0.2, 0.25) is 0 Å². The van der Waals surface area contributed by atoms with Gasteiger partial charge in [-0.1, -0.05) is 6.42 Å². The molecule has 0 unspecified atom stereocenters. The predicted octanol–water partition coefficient (Wildman–Crippen LogP) is 2.37. The van der Waals surface area contributed by atoms with Gasteiger partial charge in [0.1, 0.15) is 5.75 Å². The molecule has 0 saturated carbocycles. The molecule has 2 heterocycles. The largest absolute Gasteiger partial charge is 0.494 e. The Bertz CT molecular complexity index is 644. The number of ether oxygens (including phenoxy) is 1. The lowest BCUT2D eigenvalue weighted by atomic mass is 10.1. The van der Waals surface area contributed by atoms with E-state index in [4.69, 9.17) is 4.74 Å². The van der Waals surface area contributed by atoms with E-state index in [9.17, 15) is 9.59 Å². The second-order valence-corrected chi connectivity index (χ2v) is 7.49. The number of hydrogen-bond acceptors (Lipinski definition) is 4. The van der Waals surface area contributed by atoms with E-state index in [1.54, 1.807) is 4.90 Å². The molecule has 2 fully saturated rings. The highest BCUT2D eigenvalue weighted by Gasteiger charge is 2.31. The van der Waals surface area contributed by atoms with Crippen LogP contribution in [0.4, 0.5) is 10.5 Å². The quantitative estimate of drug-likeness (QED) is 0.671. The molecule has 0 aromatic heterocycles. The lowest BCUT2D eigenvalue weighted by Crippen LogP contribution is -2.44. The van der Waals surface area contributed by atoms with Crippen molar-refractivity contribution in [1.82, 2.24) is 15.5 Å². The van der Waals surface area contributed by atoms with Gasteiger partial charge in [-0.3, -0.25) is 4.79 Å². The highest BCUT2D eigenvalue weighted by molar-refractivity contribution is 5.96. The molecule has 0 bridgehead atoms. The normalized spacial score (nSPS) is 20.2. The van der Waals surface area contributed by atoms with Gasteiger partial charge in [0.2, 0.25) is 5.91 Å². The van der Waals surface area contributed by atoms with Crippen molar-refractivity contribution in [2.24, 2.45) is 0 Å². The highest BCUT2D eigenvalue weighted by atomic mass is 16.5. The summed E-state index contributed by atoms with van der Waals surface area (Å²) in [6.45, 7) is 7.09. The van der Waals surface area contributed by atoms with Crippen LogP contribution < -0.4 is 20.3 Å². The van der Waals surface area contributed by atoms with Crippen molar-refractivity contribution >= 4 is 17.6 Å². The van der Waals surface area contributed by atoms with Gasteiger partial charge in [0.25, 0.3) is 0 Å². The van der Waals surface area contributed by atoms with Gasteiger partial charge in [0.15, 0.2) is 0 Å². The molecule has 1 aromatic rings. The Morgan fingerprint density at radius 1 is 1.18 bits per heavy atom. The molecule has 2 N–H and O–H groups in total. The molecule has 154 valence electrons. The number of benzene rings is 1. The maximum atomic E-state index is 12.3. The molecule has 2 aliphatic heterocycles. The standard InChI is InChI=1S/C21H32N4O3/c1-2-28-19-9-7-18(8-10-19)25-16-17(15-20(25)26)23-21(27)22-11-6-14-24-12-4-3-5-13-24/h7-10,17H,2-6,11-16H2,1H3,(H2,22,23,27)/t17-/m0/s1. The number of rotatable bonds is 8. The summed E-state index contributed by atoms with van der Waals surface area (Å²) in [7, 11) is 0. The summed E-state index contributed by atoms with van der Waals surface area (Å²) in [5.41, 5.74) is 0.833. The van der Waals surface area contributed by atoms with E-state index in [0.717, 1.165) is 24.4 Å². The number of carbonyl (C=O) groups excluding carboxylic acids is 2. The first-order valence-electron chi connectivity index (χ1n) is 10.5. The van der Waals surface area contributed by atoms with Crippen molar-refractivity contribution in [2.45, 2.75) is 45.1 Å². The Kier molecular flexibility index (Phi) is 7.54. The number of carbonyl (C=O) groups is 2. The number of piperidine rings is 1. The Morgan fingerprint density at radius 2 is 1.93 bits per heavy atom. The molecular weight excluding hydrogens is 356 g/mol. The number of hydrogen-bond donors (Lipinski definition) is 2. The Balaban J connectivity index is 1.37. The van der Waals surface area contributed by atoms with Crippen molar-refractivity contribution in [1.29, 1.82) is 0 Å². The summed E-state index contributed by atoms with van der Waals surface area (Å²) in [6.07, 6.45) is 5.19. The summed E-state index contributed by atoms with van der Waals surface area (Å²) in [5.74, 6) is 0.816. The van der Waals surface area contributed by atoms with Gasteiger partial charge in [-0.15, -0.1) is 0 Å². The second-order valence-electron chi connectivity index (χ2n) is 7.49. The number of urea groups is 1. The zero-order chi connectivity index (χ0) is 19.8. The predicted molar refractivity (Wildman–Crippen MR) is 110 cm³/mol. The van der Waals surface area contributed by atoms with Gasteiger partial charge in [0.05, 0.1) is 12.6 Å². The third-order valence-corrected chi connectivity index (χ3v) is 5.31. The van der Waals surface area contributed by atoms with Crippen LogP contribution in [-0.2, 0) is 4.79 Å². The van der Waals surface area contributed by atoms with Gasteiger partial charge in [-0.25, -0.2) is 4.79 Å². The second kappa shape index (κ2) is 10.3. The lowest BCUT2D eigenvalue weighted by Gasteiger charge is -2.26. The fourth-order valence-electron chi connectivity index (χ4n) is 3.87. The molecule has 28 heavy (non-hydrogen) atoms. The molecule has 0 radical (unpaired) electrons. The van der Waals surface area contributed by atoms with Crippen LogP contribution in [0, 0.1) is 0 Å². The number of likely N-dealkylation sites (tertiary alicyclic amines) is 1. The first kappa shape index (κ1) is 20.5. The van der Waals surface area contributed by atoms with E-state index < -0.39 is 0 Å². The molecule has 1 atom stereocenters. The summed E-state index contributed by atoms with van der Waals surface area (Å²) < 4.78 is 5.44. The Morgan fingerprint density at radius 3 is 2.64 bits per heavy atom. The first-order valence-corrected chi connectivity index (χ1v) is 10.5. The van der Waals surface area contributed by atoms with Gasteiger partial charge in [0, 0.05) is 25.2 Å². The van der Waals surface area contributed by atoms with Gasteiger partial charge in [-0.2, -0.15) is 0 Å². The van der Waals surface area contributed by atoms with E-state index in [1.807, 2.05) is 31.2 Å². The van der Waals surface area contributed by atoms with E-state index in [2.05, 4.69) is 15.5 Å². The number of nitrogens with one attached hydrogen (secondary N) is 2. The summed E-state index contributed by atoms with van der Waals surface area (Å²) in [5, 5.41) is 5.85. The molecule has 3 amide bonds. The zero-order valence-electron chi connectivity index (χ0n) is 16.8.